The minimum absolute atomic E-state index is 0.113. The Morgan fingerprint density at radius 1 is 1.39 bits per heavy atom. The normalized spacial score (nSPS) is 9.94. The van der Waals surface area contributed by atoms with Gasteiger partial charge in [-0.1, -0.05) is 6.07 Å². The van der Waals surface area contributed by atoms with Crippen molar-refractivity contribution in [1.29, 1.82) is 0 Å². The molecule has 0 heterocycles. The smallest absolute Gasteiger partial charge is 0.344 e. The van der Waals surface area contributed by atoms with Gasteiger partial charge in [-0.25, -0.2) is 4.79 Å². The van der Waals surface area contributed by atoms with Crippen LogP contribution in [0.5, 0.6) is 11.5 Å². The molecular weight excluding hydrogens is 234 g/mol. The van der Waals surface area contributed by atoms with Gasteiger partial charge in [0.15, 0.2) is 6.61 Å². The first kappa shape index (κ1) is 14.3. The summed E-state index contributed by atoms with van der Waals surface area (Å²) in [7, 11) is 1.58. The molecule has 0 radical (unpaired) electrons. The molecule has 1 rings (SSSR count). The van der Waals surface area contributed by atoms with Gasteiger partial charge in [-0.2, -0.15) is 0 Å². The van der Waals surface area contributed by atoms with E-state index in [4.69, 9.17) is 19.9 Å². The van der Waals surface area contributed by atoms with E-state index in [9.17, 15) is 4.79 Å². The van der Waals surface area contributed by atoms with E-state index in [-0.39, 0.29) is 12.6 Å². The van der Waals surface area contributed by atoms with Crippen molar-refractivity contribution in [2.75, 3.05) is 26.9 Å². The first-order valence-corrected chi connectivity index (χ1v) is 5.86. The first-order chi connectivity index (χ1) is 8.71. The Balaban J connectivity index is 2.73. The highest BCUT2D eigenvalue weighted by Crippen LogP contribution is 2.25. The van der Waals surface area contributed by atoms with E-state index >= 15 is 0 Å². The summed E-state index contributed by atoms with van der Waals surface area (Å²) in [5.41, 5.74) is 6.47. The zero-order valence-electron chi connectivity index (χ0n) is 10.8. The summed E-state index contributed by atoms with van der Waals surface area (Å²) in [4.78, 5) is 11.2. The minimum atomic E-state index is -0.390. The molecule has 5 heteroatoms. The fourth-order valence-electron chi connectivity index (χ4n) is 1.50. The molecule has 0 amide bonds. The van der Waals surface area contributed by atoms with Crippen LogP contribution in [0.2, 0.25) is 0 Å². The maximum Gasteiger partial charge on any atom is 0.344 e. The van der Waals surface area contributed by atoms with Crippen LogP contribution >= 0.6 is 0 Å². The van der Waals surface area contributed by atoms with Crippen LogP contribution in [0.3, 0.4) is 0 Å². The highest BCUT2D eigenvalue weighted by atomic mass is 16.6. The summed E-state index contributed by atoms with van der Waals surface area (Å²) in [6.07, 6.45) is 0.683. The SMILES string of the molecule is CCOC(=O)COc1cc(OC)ccc1CCN. The summed E-state index contributed by atoms with van der Waals surface area (Å²) in [5.74, 6) is 0.890. The fourth-order valence-corrected chi connectivity index (χ4v) is 1.50. The molecule has 0 bridgehead atoms. The number of methoxy groups -OCH3 is 1. The van der Waals surface area contributed by atoms with Crippen molar-refractivity contribution in [3.63, 3.8) is 0 Å². The summed E-state index contributed by atoms with van der Waals surface area (Å²) in [6.45, 7) is 2.50. The average molecular weight is 253 g/mol. The molecule has 2 N–H and O–H groups in total. The highest BCUT2D eigenvalue weighted by molar-refractivity contribution is 5.71. The van der Waals surface area contributed by atoms with Gasteiger partial charge in [-0.3, -0.25) is 0 Å². The van der Waals surface area contributed by atoms with E-state index in [1.807, 2.05) is 12.1 Å². The molecular formula is C13H19NO4. The van der Waals surface area contributed by atoms with Gasteiger partial charge in [-0.15, -0.1) is 0 Å². The maximum atomic E-state index is 11.2. The topological polar surface area (TPSA) is 70.8 Å². The third-order valence-corrected chi connectivity index (χ3v) is 2.34. The Morgan fingerprint density at radius 3 is 2.78 bits per heavy atom. The third-order valence-electron chi connectivity index (χ3n) is 2.34. The van der Waals surface area contributed by atoms with Gasteiger partial charge in [0.25, 0.3) is 0 Å². The van der Waals surface area contributed by atoms with Crippen LogP contribution in [0.15, 0.2) is 18.2 Å². The molecule has 0 saturated carbocycles. The molecule has 0 aliphatic rings. The van der Waals surface area contributed by atoms with Crippen LogP contribution in [0.4, 0.5) is 0 Å². The molecule has 0 spiro atoms. The van der Waals surface area contributed by atoms with E-state index in [2.05, 4.69) is 0 Å². The average Bonchev–Trinajstić information content (AvgIpc) is 2.38. The van der Waals surface area contributed by atoms with Crippen molar-refractivity contribution in [3.8, 4) is 11.5 Å². The molecule has 0 atom stereocenters. The van der Waals surface area contributed by atoms with Crippen LogP contribution in [-0.4, -0.2) is 32.8 Å². The number of hydrogen-bond acceptors (Lipinski definition) is 5. The molecule has 0 unspecified atom stereocenters. The Morgan fingerprint density at radius 2 is 2.17 bits per heavy atom. The van der Waals surface area contributed by atoms with E-state index in [0.717, 1.165) is 5.56 Å². The van der Waals surface area contributed by atoms with Crippen LogP contribution in [0, 0.1) is 0 Å². The number of carbonyl (C=O) groups is 1. The number of carbonyl (C=O) groups excluding carboxylic acids is 1. The van der Waals surface area contributed by atoms with Crippen molar-refractivity contribution in [3.05, 3.63) is 23.8 Å². The summed E-state index contributed by atoms with van der Waals surface area (Å²) in [5, 5.41) is 0. The summed E-state index contributed by atoms with van der Waals surface area (Å²) in [6, 6.07) is 5.46. The van der Waals surface area contributed by atoms with E-state index in [0.29, 0.717) is 31.1 Å². The number of ether oxygens (including phenoxy) is 3. The number of esters is 1. The molecule has 100 valence electrons. The Bertz CT molecular complexity index is 393. The third kappa shape index (κ3) is 4.25. The second kappa shape index (κ2) is 7.55. The van der Waals surface area contributed by atoms with Crippen LogP contribution in [0.25, 0.3) is 0 Å². The molecule has 0 aromatic heterocycles. The molecule has 1 aromatic rings. The van der Waals surface area contributed by atoms with Crippen LogP contribution < -0.4 is 15.2 Å². The molecule has 0 aliphatic carbocycles. The maximum absolute atomic E-state index is 11.2. The summed E-state index contributed by atoms with van der Waals surface area (Å²) >= 11 is 0. The van der Waals surface area contributed by atoms with Crippen molar-refractivity contribution in [1.82, 2.24) is 0 Å². The lowest BCUT2D eigenvalue weighted by Gasteiger charge is -2.12. The Hall–Kier alpha value is -1.75. The number of nitrogens with two attached hydrogens (primary N) is 1. The zero-order chi connectivity index (χ0) is 13.4. The summed E-state index contributed by atoms with van der Waals surface area (Å²) < 4.78 is 15.4. The lowest BCUT2D eigenvalue weighted by atomic mass is 10.1. The fraction of sp³-hybridized carbons (Fsp3) is 0.462. The van der Waals surface area contributed by atoms with Crippen molar-refractivity contribution in [2.45, 2.75) is 13.3 Å². The number of rotatable bonds is 7. The Kier molecular flexibility index (Phi) is 6.00. The highest BCUT2D eigenvalue weighted by Gasteiger charge is 2.08. The van der Waals surface area contributed by atoms with Crippen LogP contribution in [0.1, 0.15) is 12.5 Å². The van der Waals surface area contributed by atoms with Gasteiger partial charge in [0.2, 0.25) is 0 Å². The zero-order valence-corrected chi connectivity index (χ0v) is 10.8. The molecule has 18 heavy (non-hydrogen) atoms. The van der Waals surface area contributed by atoms with Crippen molar-refractivity contribution >= 4 is 5.97 Å². The standard InChI is InChI=1S/C13H19NO4/c1-3-17-13(15)9-18-12-8-11(16-2)5-4-10(12)6-7-14/h4-5,8H,3,6-7,9,14H2,1-2H3. The minimum Gasteiger partial charge on any atom is -0.497 e. The van der Waals surface area contributed by atoms with Gasteiger partial charge in [0.1, 0.15) is 11.5 Å². The predicted molar refractivity (Wildman–Crippen MR) is 67.9 cm³/mol. The van der Waals surface area contributed by atoms with Gasteiger partial charge in [0, 0.05) is 6.07 Å². The lowest BCUT2D eigenvalue weighted by molar-refractivity contribution is -0.145. The van der Waals surface area contributed by atoms with Crippen molar-refractivity contribution in [2.24, 2.45) is 5.73 Å². The molecule has 0 aliphatic heterocycles. The molecule has 0 saturated heterocycles. The van der Waals surface area contributed by atoms with Gasteiger partial charge in [-0.05, 0) is 31.5 Å². The van der Waals surface area contributed by atoms with Gasteiger partial charge < -0.3 is 19.9 Å². The second-order valence-corrected chi connectivity index (χ2v) is 3.61. The molecule has 0 fully saturated rings. The number of benzene rings is 1. The first-order valence-electron chi connectivity index (χ1n) is 5.86. The largest absolute Gasteiger partial charge is 0.497 e. The molecule has 5 nitrogen and oxygen atoms in total. The monoisotopic (exact) mass is 253 g/mol. The predicted octanol–water partition coefficient (Wildman–Crippen LogP) is 1.14. The Labute approximate surface area is 107 Å². The quantitative estimate of drug-likeness (QED) is 0.738. The van der Waals surface area contributed by atoms with Gasteiger partial charge in [0.05, 0.1) is 13.7 Å². The van der Waals surface area contributed by atoms with E-state index < -0.39 is 0 Å². The van der Waals surface area contributed by atoms with Gasteiger partial charge >= 0.3 is 5.97 Å². The molecule has 1 aromatic carbocycles. The number of hydrogen-bond donors (Lipinski definition) is 1. The van der Waals surface area contributed by atoms with Crippen LogP contribution in [-0.2, 0) is 16.0 Å². The lowest BCUT2D eigenvalue weighted by Crippen LogP contribution is -2.15. The van der Waals surface area contributed by atoms with E-state index in [1.165, 1.54) is 0 Å². The van der Waals surface area contributed by atoms with E-state index in [1.54, 1.807) is 20.1 Å². The van der Waals surface area contributed by atoms with Crippen molar-refractivity contribution < 1.29 is 19.0 Å². The second-order valence-electron chi connectivity index (χ2n) is 3.61.